The first-order valence-corrected chi connectivity index (χ1v) is 12.4. The third kappa shape index (κ3) is 4.36. The number of benzene rings is 1. The molecule has 0 unspecified atom stereocenters. The summed E-state index contributed by atoms with van der Waals surface area (Å²) in [4.78, 5) is 61.4. The number of primary amides is 1. The number of hydrogen-bond donors (Lipinski definition) is 9. The molecule has 1 aromatic carbocycles. The molecule has 3 aliphatic rings. The van der Waals surface area contributed by atoms with Crippen LogP contribution in [0.15, 0.2) is 40.9 Å². The van der Waals surface area contributed by atoms with Crippen LogP contribution in [0.1, 0.15) is 28.8 Å². The van der Waals surface area contributed by atoms with E-state index in [0.717, 1.165) is 0 Å². The number of hydrogen-bond acceptors (Lipinski definition) is 10. The normalized spacial score (nSPS) is 31.3. The maximum absolute atomic E-state index is 13.3. The molecule has 4 rings (SSSR count). The van der Waals surface area contributed by atoms with Gasteiger partial charge in [-0.3, -0.25) is 19.3 Å². The van der Waals surface area contributed by atoms with E-state index in [1.165, 1.54) is 25.1 Å². The number of phenolic OH excluding ortho intramolecular Hbond substituents is 1. The highest BCUT2D eigenvalue weighted by molar-refractivity contribution is 7.45. The number of ketones is 2. The van der Waals surface area contributed by atoms with E-state index in [1.807, 2.05) is 0 Å². The zero-order chi connectivity index (χ0) is 28.4. The van der Waals surface area contributed by atoms with E-state index in [9.17, 15) is 39.9 Å². The smallest absolute Gasteiger partial charge is 0.466 e. The third-order valence-corrected chi connectivity index (χ3v) is 7.00. The monoisotopic (exact) mass is 542 g/mol. The summed E-state index contributed by atoms with van der Waals surface area (Å²) in [6.07, 6.45) is -1.59. The Labute approximate surface area is 209 Å². The lowest BCUT2D eigenvalue weighted by Gasteiger charge is -2.53. The van der Waals surface area contributed by atoms with E-state index >= 15 is 0 Å². The molecule has 0 fully saturated rings. The van der Waals surface area contributed by atoms with Gasteiger partial charge in [0.2, 0.25) is 5.78 Å². The topological polar surface area (TPSA) is 259 Å². The number of aromatic hydroxyl groups is 1. The first kappa shape index (κ1) is 28.5. The second-order valence-electron chi connectivity index (χ2n) is 9.31. The van der Waals surface area contributed by atoms with E-state index < -0.39 is 83.5 Å². The van der Waals surface area contributed by atoms with Crippen molar-refractivity contribution in [2.45, 2.75) is 30.6 Å². The lowest BCUT2D eigenvalue weighted by Crippen LogP contribution is -2.68. The molecule has 6 atom stereocenters. The van der Waals surface area contributed by atoms with Crippen LogP contribution in [0.4, 0.5) is 0 Å². The maximum Gasteiger partial charge on any atom is 0.466 e. The number of likely N-dealkylation sites (N-methyl/N-ethyl adjacent to an activating group) is 1. The Morgan fingerprint density at radius 1 is 1.11 bits per heavy atom. The number of aliphatic hydroxyl groups is 4. The first-order valence-electron chi connectivity index (χ1n) is 10.8. The summed E-state index contributed by atoms with van der Waals surface area (Å²) in [6, 6.07) is 3.17. The molecule has 37 heavy (non-hydrogen) atoms. The van der Waals surface area contributed by atoms with E-state index in [2.05, 4.69) is 0 Å². The number of aliphatic hydroxyl groups excluding tert-OH is 3. The highest BCUT2D eigenvalue weighted by atomic mass is 31.2. The number of rotatable bonds is 2. The van der Waals surface area contributed by atoms with Crippen LogP contribution >= 0.6 is 7.82 Å². The van der Waals surface area contributed by atoms with Gasteiger partial charge in [-0.05, 0) is 31.6 Å². The van der Waals surface area contributed by atoms with Crippen molar-refractivity contribution in [2.24, 2.45) is 17.6 Å². The molecule has 3 aliphatic carbocycles. The van der Waals surface area contributed by atoms with Crippen LogP contribution in [-0.2, 0) is 14.2 Å². The van der Waals surface area contributed by atoms with Crippen LogP contribution in [0.5, 0.6) is 5.75 Å². The molecular weight excluding hydrogens is 515 g/mol. The Morgan fingerprint density at radius 3 is 2.14 bits per heavy atom. The fourth-order valence-corrected chi connectivity index (χ4v) is 5.58. The van der Waals surface area contributed by atoms with E-state index in [-0.39, 0.29) is 11.3 Å². The molecule has 1 aromatic rings. The summed E-state index contributed by atoms with van der Waals surface area (Å²) in [5.41, 5.74) is 1.36. The Hall–Kier alpha value is -3.10. The second kappa shape index (κ2) is 9.33. The number of fused-ring (bicyclic) bond motifs is 3. The maximum atomic E-state index is 13.3. The fourth-order valence-electron chi connectivity index (χ4n) is 5.58. The largest absolute Gasteiger partial charge is 0.510 e. The van der Waals surface area contributed by atoms with Crippen molar-refractivity contribution in [3.8, 4) is 5.75 Å². The fraction of sp³-hybridized carbons (Fsp3) is 0.409. The SMILES string of the molecule is C[C@H]1c2cccc(O)c2C(=O)C2=C(O)[C@]3(O)C(=O)C(C(N)=O)=C(O)[C@@H](N(C)C)[C@@H]3[C@@H](O)[C@@H]21.O=P(O)(O)O. The van der Waals surface area contributed by atoms with Gasteiger partial charge in [-0.1, -0.05) is 19.1 Å². The molecule has 0 bridgehead atoms. The van der Waals surface area contributed by atoms with Crippen LogP contribution in [0, 0.1) is 11.8 Å². The van der Waals surface area contributed by atoms with Crippen molar-refractivity contribution in [1.82, 2.24) is 4.90 Å². The average molecular weight is 542 g/mol. The van der Waals surface area contributed by atoms with Crippen LogP contribution < -0.4 is 5.73 Å². The van der Waals surface area contributed by atoms with Crippen molar-refractivity contribution in [2.75, 3.05) is 14.1 Å². The third-order valence-electron chi connectivity index (χ3n) is 7.00. The number of nitrogens with two attached hydrogens (primary N) is 1. The van der Waals surface area contributed by atoms with Gasteiger partial charge in [-0.2, -0.15) is 0 Å². The number of phosphoric acid groups is 1. The lowest BCUT2D eigenvalue weighted by molar-refractivity contribution is -0.162. The van der Waals surface area contributed by atoms with Gasteiger partial charge in [0, 0.05) is 11.5 Å². The molecule has 0 saturated carbocycles. The van der Waals surface area contributed by atoms with Crippen molar-refractivity contribution in [3.63, 3.8) is 0 Å². The molecule has 0 radical (unpaired) electrons. The minimum absolute atomic E-state index is 0.104. The minimum Gasteiger partial charge on any atom is -0.510 e. The molecule has 15 heteroatoms. The second-order valence-corrected chi connectivity index (χ2v) is 10.3. The Balaban J connectivity index is 0.000000695. The van der Waals surface area contributed by atoms with E-state index in [0.29, 0.717) is 5.56 Å². The number of carbonyl (C=O) groups is 3. The predicted molar refractivity (Wildman–Crippen MR) is 124 cm³/mol. The van der Waals surface area contributed by atoms with Gasteiger partial charge in [0.15, 0.2) is 11.4 Å². The van der Waals surface area contributed by atoms with Crippen molar-refractivity contribution in [1.29, 1.82) is 0 Å². The summed E-state index contributed by atoms with van der Waals surface area (Å²) >= 11 is 0. The molecule has 14 nitrogen and oxygen atoms in total. The highest BCUT2D eigenvalue weighted by Gasteiger charge is 2.67. The Kier molecular flexibility index (Phi) is 7.18. The molecule has 1 amide bonds. The van der Waals surface area contributed by atoms with Crippen molar-refractivity contribution in [3.05, 3.63) is 52.0 Å². The standard InChI is InChI=1S/C22H24N2O8.H3O4P/c1-7-8-5-4-6-9(25)11(8)16(26)12-10(7)17(27)14-15(24(2)3)18(28)13(21(23)31)20(30)22(14,32)19(12)29;1-5(2,3)4/h4-7,10,14-15,17,25,27-29,32H,1-3H3,(H2,23,31);(H3,1,2,3,4)/t7-,10+,14+,15-,17-,22-;/m0./s1. The van der Waals surface area contributed by atoms with Gasteiger partial charge in [0.25, 0.3) is 5.91 Å². The molecule has 0 aromatic heterocycles. The summed E-state index contributed by atoms with van der Waals surface area (Å²) < 4.78 is 8.88. The molecule has 0 heterocycles. The van der Waals surface area contributed by atoms with Gasteiger partial charge in [-0.15, -0.1) is 0 Å². The van der Waals surface area contributed by atoms with Crippen LogP contribution in [0.25, 0.3) is 0 Å². The summed E-state index contributed by atoms with van der Waals surface area (Å²) in [6.45, 7) is 1.68. The summed E-state index contributed by atoms with van der Waals surface area (Å²) in [5.74, 6) is -8.86. The van der Waals surface area contributed by atoms with Gasteiger partial charge in [0.05, 0.1) is 23.6 Å². The van der Waals surface area contributed by atoms with Gasteiger partial charge < -0.3 is 45.9 Å². The summed E-state index contributed by atoms with van der Waals surface area (Å²) in [5, 5.41) is 55.0. The molecule has 202 valence electrons. The average Bonchev–Trinajstić information content (AvgIpc) is 2.74. The van der Waals surface area contributed by atoms with E-state index in [4.69, 9.17) is 25.0 Å². The minimum atomic E-state index is -4.64. The molecule has 0 spiro atoms. The van der Waals surface area contributed by atoms with Gasteiger partial charge in [0.1, 0.15) is 22.8 Å². The number of carbonyl (C=O) groups excluding carboxylic acids is 3. The molecular formula is C22H27N2O12P. The van der Waals surface area contributed by atoms with Gasteiger partial charge in [-0.25, -0.2) is 4.57 Å². The summed E-state index contributed by atoms with van der Waals surface area (Å²) in [7, 11) is -1.66. The molecule has 0 saturated heterocycles. The van der Waals surface area contributed by atoms with Crippen molar-refractivity contribution < 1.29 is 59.2 Å². The predicted octanol–water partition coefficient (Wildman–Crippen LogP) is -1.28. The quantitative estimate of drug-likeness (QED) is 0.156. The van der Waals surface area contributed by atoms with Crippen molar-refractivity contribution >= 4 is 25.3 Å². The van der Waals surface area contributed by atoms with Gasteiger partial charge >= 0.3 is 7.82 Å². The van der Waals surface area contributed by atoms with Crippen LogP contribution in [-0.4, -0.2) is 94.4 Å². The Morgan fingerprint density at radius 2 is 1.65 bits per heavy atom. The lowest BCUT2D eigenvalue weighted by atomic mass is 9.55. The number of phenols is 1. The molecule has 0 aliphatic heterocycles. The van der Waals surface area contributed by atoms with Crippen LogP contribution in [0.3, 0.4) is 0 Å². The molecule has 10 N–H and O–H groups in total. The number of amides is 1. The zero-order valence-electron chi connectivity index (χ0n) is 19.8. The van der Waals surface area contributed by atoms with E-state index in [1.54, 1.807) is 19.1 Å². The zero-order valence-corrected chi connectivity index (χ0v) is 20.7. The first-order chi connectivity index (χ1) is 16.9. The highest BCUT2D eigenvalue weighted by Crippen LogP contribution is 2.55. The number of Topliss-reactive ketones (excluding diaryl/α,β-unsaturated/α-hetero) is 2. The number of nitrogens with zero attached hydrogens (tertiary/aromatic N) is 1. The van der Waals surface area contributed by atoms with Crippen LogP contribution in [0.2, 0.25) is 0 Å². The Bertz CT molecular complexity index is 1290.